The van der Waals surface area contributed by atoms with Crippen LogP contribution in [0.15, 0.2) is 0 Å². The lowest BCUT2D eigenvalue weighted by Gasteiger charge is -2.19. The van der Waals surface area contributed by atoms with Gasteiger partial charge in [-0.25, -0.2) is 0 Å². The van der Waals surface area contributed by atoms with Crippen LogP contribution in [0.2, 0.25) is 0 Å². The first-order valence-corrected chi connectivity index (χ1v) is 7.62. The number of rotatable bonds is 10. The first-order valence-electron chi connectivity index (χ1n) is 7.62. The number of ether oxygens (including phenoxy) is 1. The van der Waals surface area contributed by atoms with Crippen molar-refractivity contribution < 1.29 is 4.74 Å². The van der Waals surface area contributed by atoms with Gasteiger partial charge in [0, 0.05) is 19.6 Å². The molecule has 0 bridgehead atoms. The highest BCUT2D eigenvalue weighted by atomic mass is 16.5. The maximum Gasteiger partial charge on any atom is 0.323 e. The predicted molar refractivity (Wildman–Crippen MR) is 82.6 cm³/mol. The summed E-state index contributed by atoms with van der Waals surface area (Å²) < 4.78 is 5.62. The van der Waals surface area contributed by atoms with E-state index in [0.29, 0.717) is 24.5 Å². The lowest BCUT2D eigenvalue weighted by atomic mass is 10.4. The second-order valence-corrected chi connectivity index (χ2v) is 4.54. The van der Waals surface area contributed by atoms with Crippen molar-refractivity contribution in [2.75, 3.05) is 36.5 Å². The van der Waals surface area contributed by atoms with E-state index in [1.165, 1.54) is 0 Å². The molecule has 0 fully saturated rings. The number of anilines is 2. The summed E-state index contributed by atoms with van der Waals surface area (Å²) in [6, 6.07) is 0.411. The smallest absolute Gasteiger partial charge is 0.323 e. The van der Waals surface area contributed by atoms with E-state index in [2.05, 4.69) is 52.9 Å². The highest BCUT2D eigenvalue weighted by Crippen LogP contribution is 2.15. The molecule has 1 aromatic rings. The average Bonchev–Trinajstić information content (AvgIpc) is 2.47. The SMILES string of the molecule is CCCCOc1nc(NCCC)nc(N(CC)CC)n1. The van der Waals surface area contributed by atoms with Gasteiger partial charge in [-0.2, -0.15) is 15.0 Å². The molecule has 1 aromatic heterocycles. The minimum Gasteiger partial charge on any atom is -0.463 e. The van der Waals surface area contributed by atoms with Crippen LogP contribution in [0.25, 0.3) is 0 Å². The number of nitrogens with zero attached hydrogens (tertiary/aromatic N) is 4. The Morgan fingerprint density at radius 1 is 1.00 bits per heavy atom. The molecule has 0 unspecified atom stereocenters. The third-order valence-electron chi connectivity index (χ3n) is 2.91. The zero-order valence-corrected chi connectivity index (χ0v) is 13.1. The van der Waals surface area contributed by atoms with Crippen LogP contribution in [0, 0.1) is 0 Å². The molecule has 0 saturated carbocycles. The van der Waals surface area contributed by atoms with Crippen LogP contribution in [0.5, 0.6) is 6.01 Å². The van der Waals surface area contributed by atoms with E-state index in [-0.39, 0.29) is 0 Å². The van der Waals surface area contributed by atoms with Crippen LogP contribution < -0.4 is 15.0 Å². The van der Waals surface area contributed by atoms with E-state index in [0.717, 1.165) is 38.9 Å². The van der Waals surface area contributed by atoms with Crippen molar-refractivity contribution in [3.63, 3.8) is 0 Å². The number of aromatic nitrogens is 3. The number of hydrogen-bond donors (Lipinski definition) is 1. The molecule has 0 aliphatic carbocycles. The standard InChI is InChI=1S/C14H27N5O/c1-5-9-11-20-14-17-12(15-10-6-2)16-13(18-14)19(7-3)8-4/h5-11H2,1-4H3,(H,15,16,17,18). The molecule has 6 nitrogen and oxygen atoms in total. The summed E-state index contributed by atoms with van der Waals surface area (Å²) in [6.07, 6.45) is 3.12. The highest BCUT2D eigenvalue weighted by molar-refractivity contribution is 5.38. The van der Waals surface area contributed by atoms with Gasteiger partial charge in [0.05, 0.1) is 6.61 Å². The molecule has 0 aliphatic heterocycles. The van der Waals surface area contributed by atoms with Crippen LogP contribution in [-0.4, -0.2) is 41.2 Å². The van der Waals surface area contributed by atoms with Crippen LogP contribution in [0.4, 0.5) is 11.9 Å². The monoisotopic (exact) mass is 281 g/mol. The summed E-state index contributed by atoms with van der Waals surface area (Å²) >= 11 is 0. The molecule has 0 aliphatic rings. The third-order valence-corrected chi connectivity index (χ3v) is 2.91. The zero-order valence-electron chi connectivity index (χ0n) is 13.1. The van der Waals surface area contributed by atoms with Crippen molar-refractivity contribution in [1.82, 2.24) is 15.0 Å². The minimum absolute atomic E-state index is 0.411. The summed E-state index contributed by atoms with van der Waals surface area (Å²) in [6.45, 7) is 11.6. The first-order chi connectivity index (χ1) is 9.74. The maximum absolute atomic E-state index is 5.62. The van der Waals surface area contributed by atoms with Gasteiger partial charge in [0.15, 0.2) is 0 Å². The summed E-state index contributed by atoms with van der Waals surface area (Å²) in [5, 5.41) is 3.20. The van der Waals surface area contributed by atoms with Crippen molar-refractivity contribution in [2.45, 2.75) is 47.0 Å². The van der Waals surface area contributed by atoms with Crippen LogP contribution in [0.1, 0.15) is 47.0 Å². The van der Waals surface area contributed by atoms with Crippen LogP contribution in [-0.2, 0) is 0 Å². The topological polar surface area (TPSA) is 63.2 Å². The summed E-state index contributed by atoms with van der Waals surface area (Å²) in [4.78, 5) is 15.3. The Hall–Kier alpha value is -1.59. The molecule has 6 heteroatoms. The van der Waals surface area contributed by atoms with E-state index in [1.807, 2.05) is 0 Å². The number of hydrogen-bond acceptors (Lipinski definition) is 6. The fourth-order valence-corrected chi connectivity index (χ4v) is 1.68. The van der Waals surface area contributed by atoms with Crippen molar-refractivity contribution in [2.24, 2.45) is 0 Å². The second-order valence-electron chi connectivity index (χ2n) is 4.54. The van der Waals surface area contributed by atoms with E-state index in [9.17, 15) is 0 Å². The van der Waals surface area contributed by atoms with E-state index >= 15 is 0 Å². The van der Waals surface area contributed by atoms with Gasteiger partial charge < -0.3 is 15.0 Å². The molecular weight excluding hydrogens is 254 g/mol. The van der Waals surface area contributed by atoms with Crippen LogP contribution >= 0.6 is 0 Å². The predicted octanol–water partition coefficient (Wildman–Crippen LogP) is 2.72. The number of unbranched alkanes of at least 4 members (excludes halogenated alkanes) is 1. The van der Waals surface area contributed by atoms with Crippen molar-refractivity contribution in [3.05, 3.63) is 0 Å². The number of nitrogens with one attached hydrogen (secondary N) is 1. The molecule has 0 aromatic carbocycles. The van der Waals surface area contributed by atoms with Gasteiger partial charge in [-0.05, 0) is 26.7 Å². The normalized spacial score (nSPS) is 10.4. The van der Waals surface area contributed by atoms with Gasteiger partial charge in [-0.1, -0.05) is 20.3 Å². The Kier molecular flexibility index (Phi) is 7.69. The van der Waals surface area contributed by atoms with Gasteiger partial charge in [-0.3, -0.25) is 0 Å². The summed E-state index contributed by atoms with van der Waals surface area (Å²) in [5.74, 6) is 1.27. The Balaban J connectivity index is 2.88. The highest BCUT2D eigenvalue weighted by Gasteiger charge is 2.11. The molecule has 1 N–H and O–H groups in total. The van der Waals surface area contributed by atoms with Gasteiger partial charge >= 0.3 is 6.01 Å². The third kappa shape index (κ3) is 5.19. The Morgan fingerprint density at radius 3 is 2.35 bits per heavy atom. The fourth-order valence-electron chi connectivity index (χ4n) is 1.68. The lowest BCUT2D eigenvalue weighted by Crippen LogP contribution is -2.25. The van der Waals surface area contributed by atoms with Gasteiger partial charge in [0.25, 0.3) is 0 Å². The molecule has 1 rings (SSSR count). The largest absolute Gasteiger partial charge is 0.463 e. The van der Waals surface area contributed by atoms with Gasteiger partial charge in [0.1, 0.15) is 0 Å². The Labute approximate surface area is 122 Å². The van der Waals surface area contributed by atoms with Crippen molar-refractivity contribution in [3.8, 4) is 6.01 Å². The van der Waals surface area contributed by atoms with E-state index in [4.69, 9.17) is 4.74 Å². The van der Waals surface area contributed by atoms with E-state index < -0.39 is 0 Å². The maximum atomic E-state index is 5.62. The lowest BCUT2D eigenvalue weighted by molar-refractivity contribution is 0.285. The fraction of sp³-hybridized carbons (Fsp3) is 0.786. The zero-order chi connectivity index (χ0) is 14.8. The molecule has 20 heavy (non-hydrogen) atoms. The second kappa shape index (κ2) is 9.34. The molecule has 0 amide bonds. The van der Waals surface area contributed by atoms with Crippen LogP contribution in [0.3, 0.4) is 0 Å². The Morgan fingerprint density at radius 2 is 1.75 bits per heavy atom. The molecule has 1 heterocycles. The molecule has 0 saturated heterocycles. The van der Waals surface area contributed by atoms with E-state index in [1.54, 1.807) is 0 Å². The average molecular weight is 281 g/mol. The van der Waals surface area contributed by atoms with Crippen molar-refractivity contribution in [1.29, 1.82) is 0 Å². The first kappa shape index (κ1) is 16.5. The van der Waals surface area contributed by atoms with Crippen molar-refractivity contribution >= 4 is 11.9 Å². The minimum atomic E-state index is 0.411. The summed E-state index contributed by atoms with van der Waals surface area (Å²) in [7, 11) is 0. The van der Waals surface area contributed by atoms with Gasteiger partial charge in [0.2, 0.25) is 11.9 Å². The Bertz CT molecular complexity index is 382. The molecule has 0 spiro atoms. The van der Waals surface area contributed by atoms with Gasteiger partial charge in [-0.15, -0.1) is 0 Å². The molecule has 114 valence electrons. The quantitative estimate of drug-likeness (QED) is 0.665. The summed E-state index contributed by atoms with van der Waals surface area (Å²) in [5.41, 5.74) is 0. The molecular formula is C14H27N5O. The molecule has 0 atom stereocenters. The molecule has 0 radical (unpaired) electrons.